The number of hydrogen-bond acceptors (Lipinski definition) is 3. The van der Waals surface area contributed by atoms with Gasteiger partial charge < -0.3 is 15.1 Å². The summed E-state index contributed by atoms with van der Waals surface area (Å²) >= 11 is 0. The second-order valence-electron chi connectivity index (χ2n) is 5.38. The molecule has 0 spiro atoms. The van der Waals surface area contributed by atoms with Crippen molar-refractivity contribution in [3.05, 3.63) is 35.1 Å². The van der Waals surface area contributed by atoms with Gasteiger partial charge in [0, 0.05) is 24.5 Å². The molecule has 2 heterocycles. The van der Waals surface area contributed by atoms with E-state index in [4.69, 9.17) is 10.2 Å². The predicted octanol–water partition coefficient (Wildman–Crippen LogP) is 2.22. The highest BCUT2D eigenvalue weighted by molar-refractivity contribution is 5.96. The molecule has 3 rings (SSSR count). The van der Waals surface area contributed by atoms with Crippen LogP contribution in [0.5, 0.6) is 0 Å². The molecule has 19 heavy (non-hydrogen) atoms. The molecule has 2 N–H and O–H groups in total. The molecular weight excluding hydrogens is 240 g/mol. The Bertz CT molecular complexity index is 606. The van der Waals surface area contributed by atoms with E-state index in [-0.39, 0.29) is 11.9 Å². The van der Waals surface area contributed by atoms with Gasteiger partial charge in [-0.25, -0.2) is 0 Å². The van der Waals surface area contributed by atoms with Gasteiger partial charge in [0.15, 0.2) is 5.76 Å². The molecule has 0 bridgehead atoms. The fourth-order valence-corrected chi connectivity index (χ4v) is 2.54. The number of nitrogens with two attached hydrogens (primary N) is 1. The number of aryl methyl sites for hydroxylation is 2. The first kappa shape index (κ1) is 12.2. The molecule has 1 amide bonds. The van der Waals surface area contributed by atoms with E-state index in [9.17, 15) is 4.79 Å². The highest BCUT2D eigenvalue weighted by atomic mass is 16.3. The normalized spacial score (nSPS) is 19.3. The van der Waals surface area contributed by atoms with Crippen LogP contribution in [-0.2, 0) is 0 Å². The van der Waals surface area contributed by atoms with Gasteiger partial charge in [-0.2, -0.15) is 0 Å². The van der Waals surface area contributed by atoms with Crippen molar-refractivity contribution in [3.63, 3.8) is 0 Å². The summed E-state index contributed by atoms with van der Waals surface area (Å²) in [6.07, 6.45) is 0.865. The average Bonchev–Trinajstić information content (AvgIpc) is 2.95. The van der Waals surface area contributed by atoms with Crippen LogP contribution in [0.1, 0.15) is 28.1 Å². The highest BCUT2D eigenvalue weighted by Crippen LogP contribution is 2.24. The predicted molar refractivity (Wildman–Crippen MR) is 74.2 cm³/mol. The number of benzene rings is 1. The number of amides is 1. The standard InChI is InChI=1S/C15H18N2O2/c1-9-5-11-7-14(19-13(11)6-10(9)2)15(18)17-4-3-12(16)8-17/h5-7,12H,3-4,8,16H2,1-2H3/t12-/m1/s1. The summed E-state index contributed by atoms with van der Waals surface area (Å²) in [4.78, 5) is 14.1. The monoisotopic (exact) mass is 258 g/mol. The van der Waals surface area contributed by atoms with Crippen LogP contribution in [0.4, 0.5) is 0 Å². The second-order valence-corrected chi connectivity index (χ2v) is 5.38. The van der Waals surface area contributed by atoms with Gasteiger partial charge in [-0.3, -0.25) is 4.79 Å². The van der Waals surface area contributed by atoms with Crippen LogP contribution in [0.15, 0.2) is 22.6 Å². The zero-order chi connectivity index (χ0) is 13.6. The Morgan fingerprint density at radius 1 is 1.32 bits per heavy atom. The number of hydrogen-bond donors (Lipinski definition) is 1. The van der Waals surface area contributed by atoms with E-state index in [1.165, 1.54) is 11.1 Å². The molecule has 1 saturated heterocycles. The quantitative estimate of drug-likeness (QED) is 0.853. The number of fused-ring (bicyclic) bond motifs is 1. The average molecular weight is 258 g/mol. The molecule has 1 aromatic heterocycles. The maximum Gasteiger partial charge on any atom is 0.289 e. The minimum Gasteiger partial charge on any atom is -0.451 e. The molecular formula is C15H18N2O2. The first-order chi connectivity index (χ1) is 9.04. The number of likely N-dealkylation sites (tertiary alicyclic amines) is 1. The first-order valence-corrected chi connectivity index (χ1v) is 6.60. The lowest BCUT2D eigenvalue weighted by atomic mass is 10.1. The van der Waals surface area contributed by atoms with Crippen LogP contribution in [0.25, 0.3) is 11.0 Å². The number of nitrogens with zero attached hydrogens (tertiary/aromatic N) is 1. The van der Waals surface area contributed by atoms with Crippen molar-refractivity contribution in [2.24, 2.45) is 5.73 Å². The number of carbonyl (C=O) groups is 1. The molecule has 1 fully saturated rings. The van der Waals surface area contributed by atoms with Crippen LogP contribution in [0.2, 0.25) is 0 Å². The molecule has 1 atom stereocenters. The van der Waals surface area contributed by atoms with Gasteiger partial charge in [-0.05, 0) is 49.6 Å². The van der Waals surface area contributed by atoms with Gasteiger partial charge in [-0.15, -0.1) is 0 Å². The Kier molecular flexibility index (Phi) is 2.82. The number of furan rings is 1. The molecule has 100 valence electrons. The highest BCUT2D eigenvalue weighted by Gasteiger charge is 2.26. The number of carbonyl (C=O) groups excluding carboxylic acids is 1. The molecule has 0 radical (unpaired) electrons. The van der Waals surface area contributed by atoms with Crippen molar-refractivity contribution in [3.8, 4) is 0 Å². The molecule has 4 nitrogen and oxygen atoms in total. The Hall–Kier alpha value is -1.81. The van der Waals surface area contributed by atoms with Crippen LogP contribution < -0.4 is 5.73 Å². The Morgan fingerprint density at radius 3 is 2.74 bits per heavy atom. The zero-order valence-corrected chi connectivity index (χ0v) is 11.3. The second kappa shape index (κ2) is 4.38. The minimum atomic E-state index is -0.0561. The first-order valence-electron chi connectivity index (χ1n) is 6.60. The summed E-state index contributed by atoms with van der Waals surface area (Å²) < 4.78 is 5.68. The van der Waals surface area contributed by atoms with Gasteiger partial charge >= 0.3 is 0 Å². The van der Waals surface area contributed by atoms with Gasteiger partial charge in [-0.1, -0.05) is 0 Å². The van der Waals surface area contributed by atoms with Crippen molar-refractivity contribution in [2.75, 3.05) is 13.1 Å². The summed E-state index contributed by atoms with van der Waals surface area (Å²) in [6.45, 7) is 5.43. The fourth-order valence-electron chi connectivity index (χ4n) is 2.54. The Morgan fingerprint density at radius 2 is 2.05 bits per heavy atom. The topological polar surface area (TPSA) is 59.5 Å². The van der Waals surface area contributed by atoms with E-state index in [1.54, 1.807) is 4.90 Å². The smallest absolute Gasteiger partial charge is 0.289 e. The minimum absolute atomic E-state index is 0.0561. The van der Waals surface area contributed by atoms with E-state index < -0.39 is 0 Å². The van der Waals surface area contributed by atoms with Gasteiger partial charge in [0.05, 0.1) is 0 Å². The van der Waals surface area contributed by atoms with E-state index in [0.29, 0.717) is 12.3 Å². The third kappa shape index (κ3) is 2.12. The summed E-state index contributed by atoms with van der Waals surface area (Å²) in [5.41, 5.74) is 8.98. The van der Waals surface area contributed by atoms with E-state index in [0.717, 1.165) is 23.9 Å². The van der Waals surface area contributed by atoms with E-state index in [1.807, 2.05) is 19.1 Å². The molecule has 1 aliphatic heterocycles. The molecule has 1 aliphatic rings. The lowest BCUT2D eigenvalue weighted by molar-refractivity contribution is 0.0761. The van der Waals surface area contributed by atoms with Gasteiger partial charge in [0.1, 0.15) is 5.58 Å². The Labute approximate surface area is 112 Å². The largest absolute Gasteiger partial charge is 0.451 e. The van der Waals surface area contributed by atoms with Crippen LogP contribution in [0.3, 0.4) is 0 Å². The van der Waals surface area contributed by atoms with Crippen molar-refractivity contribution in [1.82, 2.24) is 4.90 Å². The summed E-state index contributed by atoms with van der Waals surface area (Å²) in [6, 6.07) is 5.96. The third-order valence-electron chi connectivity index (χ3n) is 3.86. The lowest BCUT2D eigenvalue weighted by Crippen LogP contribution is -2.31. The third-order valence-corrected chi connectivity index (χ3v) is 3.86. The Balaban J connectivity index is 1.95. The van der Waals surface area contributed by atoms with Crippen LogP contribution >= 0.6 is 0 Å². The van der Waals surface area contributed by atoms with Gasteiger partial charge in [0.25, 0.3) is 5.91 Å². The summed E-state index contributed by atoms with van der Waals surface area (Å²) in [7, 11) is 0. The number of rotatable bonds is 1. The molecule has 2 aromatic rings. The zero-order valence-electron chi connectivity index (χ0n) is 11.3. The molecule has 0 aliphatic carbocycles. The van der Waals surface area contributed by atoms with Crippen molar-refractivity contribution in [1.29, 1.82) is 0 Å². The molecule has 0 unspecified atom stereocenters. The van der Waals surface area contributed by atoms with Crippen molar-refractivity contribution < 1.29 is 9.21 Å². The van der Waals surface area contributed by atoms with Gasteiger partial charge in [0.2, 0.25) is 0 Å². The van der Waals surface area contributed by atoms with Crippen LogP contribution in [0, 0.1) is 13.8 Å². The lowest BCUT2D eigenvalue weighted by Gasteiger charge is -2.13. The van der Waals surface area contributed by atoms with E-state index in [2.05, 4.69) is 13.0 Å². The van der Waals surface area contributed by atoms with Crippen molar-refractivity contribution in [2.45, 2.75) is 26.3 Å². The van der Waals surface area contributed by atoms with Crippen LogP contribution in [-0.4, -0.2) is 29.9 Å². The SMILES string of the molecule is Cc1cc2cc(C(=O)N3CC[C@@H](N)C3)oc2cc1C. The maximum atomic E-state index is 12.3. The fraction of sp³-hybridized carbons (Fsp3) is 0.400. The summed E-state index contributed by atoms with van der Waals surface area (Å²) in [5, 5.41) is 0.981. The van der Waals surface area contributed by atoms with Crippen molar-refractivity contribution >= 4 is 16.9 Å². The summed E-state index contributed by atoms with van der Waals surface area (Å²) in [5.74, 6) is 0.355. The van der Waals surface area contributed by atoms with E-state index >= 15 is 0 Å². The molecule has 0 saturated carbocycles. The molecule has 1 aromatic carbocycles. The molecule has 4 heteroatoms. The maximum absolute atomic E-state index is 12.3.